The second-order valence-corrected chi connectivity index (χ2v) is 10.7. The molecule has 1 aliphatic carbocycles. The first-order chi connectivity index (χ1) is 15.7. The van der Waals surface area contributed by atoms with E-state index in [0.717, 1.165) is 24.2 Å². The topological polar surface area (TPSA) is 103 Å². The van der Waals surface area contributed by atoms with Crippen molar-refractivity contribution >= 4 is 52.0 Å². The number of nitrogens with one attached hydrogen (secondary N) is 1. The van der Waals surface area contributed by atoms with Crippen molar-refractivity contribution in [3.8, 4) is 11.4 Å². The van der Waals surface area contributed by atoms with Crippen LogP contribution in [0.15, 0.2) is 28.7 Å². The molecule has 0 radical (unpaired) electrons. The molecule has 0 saturated carbocycles. The lowest BCUT2D eigenvalue weighted by molar-refractivity contribution is -0.384. The highest BCUT2D eigenvalue weighted by atomic mass is 35.5. The second kappa shape index (κ2) is 9.82. The van der Waals surface area contributed by atoms with Gasteiger partial charge in [-0.05, 0) is 56.7 Å². The van der Waals surface area contributed by atoms with Gasteiger partial charge in [-0.15, -0.1) is 21.5 Å². The number of benzene rings is 1. The molecule has 1 aromatic carbocycles. The number of fused-ring (bicyclic) bond motifs is 1. The first kappa shape index (κ1) is 23.7. The van der Waals surface area contributed by atoms with Crippen molar-refractivity contribution in [1.29, 1.82) is 0 Å². The zero-order chi connectivity index (χ0) is 23.7. The number of thioether (sulfide) groups is 1. The molecule has 11 heteroatoms. The van der Waals surface area contributed by atoms with Gasteiger partial charge >= 0.3 is 0 Å². The molecule has 0 bridgehead atoms. The van der Waals surface area contributed by atoms with Crippen molar-refractivity contribution in [1.82, 2.24) is 14.8 Å². The molecule has 2 aromatic heterocycles. The van der Waals surface area contributed by atoms with Crippen LogP contribution in [0.4, 0.5) is 11.4 Å². The predicted molar refractivity (Wildman–Crippen MR) is 132 cm³/mol. The first-order valence-electron chi connectivity index (χ1n) is 10.7. The number of thiophene rings is 1. The molecule has 0 aliphatic heterocycles. The number of nitro benzene ring substituents is 1. The number of anilines is 1. The van der Waals surface area contributed by atoms with Gasteiger partial charge in [0.05, 0.1) is 10.7 Å². The molecular formula is C22H24ClN5O3S2. The summed E-state index contributed by atoms with van der Waals surface area (Å²) in [6.07, 6.45) is 3.34. The third kappa shape index (κ3) is 5.07. The average molecular weight is 506 g/mol. The third-order valence-corrected chi connectivity index (χ3v) is 7.90. The van der Waals surface area contributed by atoms with E-state index in [0.29, 0.717) is 16.8 Å². The largest absolute Gasteiger partial charge is 0.325 e. The highest BCUT2D eigenvalue weighted by Crippen LogP contribution is 2.39. The van der Waals surface area contributed by atoms with Crippen molar-refractivity contribution in [3.63, 3.8) is 0 Å². The summed E-state index contributed by atoms with van der Waals surface area (Å²) >= 11 is 8.92. The summed E-state index contributed by atoms with van der Waals surface area (Å²) in [5.41, 5.74) is 2.60. The number of halogens is 1. The fourth-order valence-electron chi connectivity index (χ4n) is 3.95. The van der Waals surface area contributed by atoms with Gasteiger partial charge in [0, 0.05) is 33.6 Å². The van der Waals surface area contributed by atoms with Gasteiger partial charge in [0.15, 0.2) is 11.0 Å². The monoisotopic (exact) mass is 505 g/mol. The SMILES string of the molecule is CC1CCc2c(-c3nnc(SCC(=O)Nc4ccc(Cl)c([N+](=O)[O-])c4)n3C(C)C)csc2C1. The summed E-state index contributed by atoms with van der Waals surface area (Å²) in [5.74, 6) is 1.35. The zero-order valence-electron chi connectivity index (χ0n) is 18.5. The van der Waals surface area contributed by atoms with Crippen molar-refractivity contribution < 1.29 is 9.72 Å². The van der Waals surface area contributed by atoms with Gasteiger partial charge in [0.2, 0.25) is 5.91 Å². The maximum absolute atomic E-state index is 12.5. The summed E-state index contributed by atoms with van der Waals surface area (Å²) in [5, 5.41) is 25.5. The Morgan fingerprint density at radius 3 is 2.94 bits per heavy atom. The van der Waals surface area contributed by atoms with Crippen molar-refractivity contribution in [3.05, 3.63) is 49.2 Å². The van der Waals surface area contributed by atoms with Crippen LogP contribution in [0.2, 0.25) is 5.02 Å². The van der Waals surface area contributed by atoms with Gasteiger partial charge < -0.3 is 5.32 Å². The van der Waals surface area contributed by atoms with Gasteiger partial charge in [-0.2, -0.15) is 0 Å². The molecule has 4 rings (SSSR count). The van der Waals surface area contributed by atoms with E-state index in [1.165, 1.54) is 46.8 Å². The van der Waals surface area contributed by atoms with Crippen molar-refractivity contribution in [2.45, 2.75) is 51.2 Å². The lowest BCUT2D eigenvalue weighted by Crippen LogP contribution is -2.15. The molecular weight excluding hydrogens is 482 g/mol. The Morgan fingerprint density at radius 2 is 2.21 bits per heavy atom. The highest BCUT2D eigenvalue weighted by molar-refractivity contribution is 7.99. The molecule has 2 heterocycles. The molecule has 1 amide bonds. The number of nitro groups is 1. The highest BCUT2D eigenvalue weighted by Gasteiger charge is 2.25. The minimum absolute atomic E-state index is 0.0232. The average Bonchev–Trinajstić information content (AvgIpc) is 3.36. The van der Waals surface area contributed by atoms with E-state index in [1.807, 2.05) is 0 Å². The lowest BCUT2D eigenvalue weighted by Gasteiger charge is -2.19. The maximum atomic E-state index is 12.5. The summed E-state index contributed by atoms with van der Waals surface area (Å²) < 4.78 is 2.07. The van der Waals surface area contributed by atoms with Crippen LogP contribution in [0.1, 0.15) is 43.7 Å². The summed E-state index contributed by atoms with van der Waals surface area (Å²) in [7, 11) is 0. The Morgan fingerprint density at radius 1 is 1.42 bits per heavy atom. The van der Waals surface area contributed by atoms with Crippen molar-refractivity contribution in [2.75, 3.05) is 11.1 Å². The number of carbonyl (C=O) groups excluding carboxylic acids is 1. The van der Waals surface area contributed by atoms with E-state index >= 15 is 0 Å². The Balaban J connectivity index is 1.50. The maximum Gasteiger partial charge on any atom is 0.289 e. The summed E-state index contributed by atoms with van der Waals surface area (Å²) in [6, 6.07) is 4.30. The molecule has 1 aliphatic rings. The normalized spacial score (nSPS) is 15.5. The van der Waals surface area contributed by atoms with Gasteiger partial charge in [-0.3, -0.25) is 19.5 Å². The molecule has 0 saturated heterocycles. The van der Waals surface area contributed by atoms with Crippen molar-refractivity contribution in [2.24, 2.45) is 5.92 Å². The van der Waals surface area contributed by atoms with Gasteiger partial charge in [-0.1, -0.05) is 30.3 Å². The molecule has 174 valence electrons. The van der Waals surface area contributed by atoms with Gasteiger partial charge in [0.25, 0.3) is 5.69 Å². The van der Waals surface area contributed by atoms with Crippen LogP contribution >= 0.6 is 34.7 Å². The van der Waals surface area contributed by atoms with Gasteiger partial charge in [0.1, 0.15) is 5.02 Å². The number of carbonyl (C=O) groups is 1. The Kier molecular flexibility index (Phi) is 7.06. The van der Waals surface area contributed by atoms with E-state index in [-0.39, 0.29) is 28.4 Å². The fraction of sp³-hybridized carbons (Fsp3) is 0.409. The Labute approximate surface area is 204 Å². The molecule has 33 heavy (non-hydrogen) atoms. The predicted octanol–water partition coefficient (Wildman–Crippen LogP) is 6.00. The lowest BCUT2D eigenvalue weighted by atomic mass is 9.88. The van der Waals surface area contributed by atoms with Crippen LogP contribution in [-0.4, -0.2) is 31.3 Å². The number of nitrogens with zero attached hydrogens (tertiary/aromatic N) is 4. The number of hydrogen-bond acceptors (Lipinski definition) is 7. The van der Waals surface area contributed by atoms with E-state index in [1.54, 1.807) is 11.3 Å². The molecule has 0 fully saturated rings. The number of rotatable bonds is 7. The Bertz CT molecular complexity index is 1210. The van der Waals surface area contributed by atoms with E-state index in [9.17, 15) is 14.9 Å². The molecule has 8 nitrogen and oxygen atoms in total. The molecule has 1 N–H and O–H groups in total. The zero-order valence-corrected chi connectivity index (χ0v) is 20.9. The molecule has 1 atom stereocenters. The minimum atomic E-state index is -0.580. The van der Waals surface area contributed by atoms with E-state index in [4.69, 9.17) is 11.6 Å². The van der Waals surface area contributed by atoms with Crippen LogP contribution in [0.25, 0.3) is 11.4 Å². The van der Waals surface area contributed by atoms with Crippen LogP contribution in [0, 0.1) is 16.0 Å². The Hall–Kier alpha value is -2.43. The van der Waals surface area contributed by atoms with Crippen LogP contribution in [0.5, 0.6) is 0 Å². The van der Waals surface area contributed by atoms with Crippen LogP contribution in [-0.2, 0) is 17.6 Å². The molecule has 0 spiro atoms. The molecule has 1 unspecified atom stereocenters. The first-order valence-corrected chi connectivity index (χ1v) is 12.9. The standard InChI is InChI=1S/C22H24ClN5O3S2/c1-12(2)27-21(16-10-32-19-8-13(3)4-6-15(16)19)25-26-22(27)33-11-20(29)24-14-5-7-17(23)18(9-14)28(30)31/h5,7,9-10,12-13H,4,6,8,11H2,1-3H3,(H,24,29). The van der Waals surface area contributed by atoms with E-state index in [2.05, 4.69) is 46.2 Å². The third-order valence-electron chi connectivity index (χ3n) is 5.58. The van der Waals surface area contributed by atoms with Crippen LogP contribution < -0.4 is 5.32 Å². The summed E-state index contributed by atoms with van der Waals surface area (Å²) in [4.78, 5) is 24.4. The van der Waals surface area contributed by atoms with Gasteiger partial charge in [-0.25, -0.2) is 0 Å². The van der Waals surface area contributed by atoms with Crippen LogP contribution in [0.3, 0.4) is 0 Å². The summed E-state index contributed by atoms with van der Waals surface area (Å²) in [6.45, 7) is 6.44. The number of aromatic nitrogens is 3. The minimum Gasteiger partial charge on any atom is -0.325 e. The quantitative estimate of drug-likeness (QED) is 0.240. The molecule has 3 aromatic rings. The smallest absolute Gasteiger partial charge is 0.289 e. The van der Waals surface area contributed by atoms with E-state index < -0.39 is 4.92 Å². The second-order valence-electron chi connectivity index (χ2n) is 8.43. The fourth-order valence-corrected chi connectivity index (χ4v) is 6.24. The number of amides is 1. The number of hydrogen-bond donors (Lipinski definition) is 1.